The van der Waals surface area contributed by atoms with Gasteiger partial charge in [0.25, 0.3) is 0 Å². The third-order valence-corrected chi connectivity index (χ3v) is 2.55. The zero-order valence-electron chi connectivity index (χ0n) is 9.20. The van der Waals surface area contributed by atoms with E-state index in [0.717, 1.165) is 12.3 Å². The van der Waals surface area contributed by atoms with Gasteiger partial charge in [-0.1, -0.05) is 11.8 Å². The van der Waals surface area contributed by atoms with Crippen molar-refractivity contribution in [1.29, 1.82) is 5.41 Å². The normalized spacial score (nSPS) is 16.2. The molecule has 0 bridgehead atoms. The molecule has 1 aliphatic heterocycles. The standard InChI is InChI=1S/C9H16N2O2S.BrH/c1-9(2,3)13-7(12)6-11-4-5-14-8(11)10;/h10H,4-6H2,1-3H3;1H. The number of carbonyl (C=O) groups is 1. The first-order valence-electron chi connectivity index (χ1n) is 4.56. The highest BCUT2D eigenvalue weighted by Gasteiger charge is 2.23. The molecule has 15 heavy (non-hydrogen) atoms. The van der Waals surface area contributed by atoms with Crippen molar-refractivity contribution in [3.8, 4) is 0 Å². The fourth-order valence-electron chi connectivity index (χ4n) is 1.13. The summed E-state index contributed by atoms with van der Waals surface area (Å²) in [6.45, 7) is 6.49. The van der Waals surface area contributed by atoms with E-state index in [1.807, 2.05) is 20.8 Å². The number of rotatable bonds is 2. The second-order valence-corrected chi connectivity index (χ2v) is 5.25. The zero-order chi connectivity index (χ0) is 10.8. The molecule has 1 heterocycles. The van der Waals surface area contributed by atoms with E-state index >= 15 is 0 Å². The first-order chi connectivity index (χ1) is 6.38. The summed E-state index contributed by atoms with van der Waals surface area (Å²) in [5.74, 6) is 0.631. The van der Waals surface area contributed by atoms with Crippen LogP contribution >= 0.6 is 28.7 Å². The van der Waals surface area contributed by atoms with Gasteiger partial charge in [0.15, 0.2) is 5.17 Å². The molecule has 6 heteroatoms. The van der Waals surface area contributed by atoms with Gasteiger partial charge in [-0.05, 0) is 20.8 Å². The van der Waals surface area contributed by atoms with Crippen LogP contribution in [0.2, 0.25) is 0 Å². The highest BCUT2D eigenvalue weighted by atomic mass is 79.9. The van der Waals surface area contributed by atoms with Crippen LogP contribution in [0.3, 0.4) is 0 Å². The van der Waals surface area contributed by atoms with Gasteiger partial charge in [-0.25, -0.2) is 0 Å². The van der Waals surface area contributed by atoms with Crippen molar-refractivity contribution in [2.75, 3.05) is 18.8 Å². The van der Waals surface area contributed by atoms with Gasteiger partial charge in [0, 0.05) is 12.3 Å². The average molecular weight is 297 g/mol. The maximum atomic E-state index is 11.4. The van der Waals surface area contributed by atoms with Gasteiger partial charge in [0.2, 0.25) is 0 Å². The first kappa shape index (κ1) is 14.8. The molecule has 0 aliphatic carbocycles. The number of ether oxygens (including phenoxy) is 1. The topological polar surface area (TPSA) is 53.4 Å². The molecule has 0 radical (unpaired) electrons. The number of hydrogen-bond donors (Lipinski definition) is 1. The van der Waals surface area contributed by atoms with Crippen molar-refractivity contribution in [2.24, 2.45) is 0 Å². The number of nitrogens with one attached hydrogen (secondary N) is 1. The van der Waals surface area contributed by atoms with Crippen molar-refractivity contribution in [2.45, 2.75) is 26.4 Å². The lowest BCUT2D eigenvalue weighted by atomic mass is 10.2. The Morgan fingerprint density at radius 2 is 2.20 bits per heavy atom. The number of thioether (sulfide) groups is 1. The van der Waals surface area contributed by atoms with E-state index in [2.05, 4.69) is 0 Å². The number of carbonyl (C=O) groups excluding carboxylic acids is 1. The minimum Gasteiger partial charge on any atom is -0.459 e. The lowest BCUT2D eigenvalue weighted by Crippen LogP contribution is -2.35. The average Bonchev–Trinajstić information content (AvgIpc) is 2.32. The van der Waals surface area contributed by atoms with E-state index in [1.165, 1.54) is 11.8 Å². The second-order valence-electron chi connectivity index (χ2n) is 4.16. The van der Waals surface area contributed by atoms with Gasteiger partial charge in [-0.3, -0.25) is 10.2 Å². The summed E-state index contributed by atoms with van der Waals surface area (Å²) in [7, 11) is 0. The van der Waals surface area contributed by atoms with Crippen molar-refractivity contribution in [3.63, 3.8) is 0 Å². The molecular formula is C9H17BrN2O2S. The van der Waals surface area contributed by atoms with Crippen LogP contribution < -0.4 is 0 Å². The third kappa shape index (κ3) is 5.41. The Morgan fingerprint density at radius 1 is 1.60 bits per heavy atom. The Hall–Kier alpha value is -0.230. The van der Waals surface area contributed by atoms with Crippen LogP contribution in [0.1, 0.15) is 20.8 Å². The molecular weight excluding hydrogens is 280 g/mol. The predicted octanol–water partition coefficient (Wildman–Crippen LogP) is 1.89. The van der Waals surface area contributed by atoms with Crippen LogP contribution in [0.25, 0.3) is 0 Å². The summed E-state index contributed by atoms with van der Waals surface area (Å²) in [4.78, 5) is 13.1. The lowest BCUT2D eigenvalue weighted by Gasteiger charge is -2.22. The largest absolute Gasteiger partial charge is 0.459 e. The minimum atomic E-state index is -0.438. The van der Waals surface area contributed by atoms with Crippen molar-refractivity contribution >= 4 is 39.9 Å². The van der Waals surface area contributed by atoms with Crippen LogP contribution in [-0.4, -0.2) is 40.5 Å². The monoisotopic (exact) mass is 296 g/mol. The molecule has 0 unspecified atom stereocenters. The molecule has 1 rings (SSSR count). The van der Waals surface area contributed by atoms with Gasteiger partial charge >= 0.3 is 5.97 Å². The second kappa shape index (κ2) is 5.75. The fourth-order valence-corrected chi connectivity index (χ4v) is 1.97. The number of amidine groups is 1. The molecule has 0 saturated carbocycles. The van der Waals surface area contributed by atoms with Crippen molar-refractivity contribution in [3.05, 3.63) is 0 Å². The predicted molar refractivity (Wildman–Crippen MR) is 67.9 cm³/mol. The van der Waals surface area contributed by atoms with Crippen LogP contribution in [0, 0.1) is 5.41 Å². The van der Waals surface area contributed by atoms with E-state index in [4.69, 9.17) is 10.1 Å². The van der Waals surface area contributed by atoms with Gasteiger partial charge in [0.05, 0.1) is 0 Å². The van der Waals surface area contributed by atoms with Crippen LogP contribution in [0.4, 0.5) is 0 Å². The van der Waals surface area contributed by atoms with Crippen molar-refractivity contribution in [1.82, 2.24) is 4.90 Å². The first-order valence-corrected chi connectivity index (χ1v) is 5.55. The smallest absolute Gasteiger partial charge is 0.326 e. The highest BCUT2D eigenvalue weighted by Crippen LogP contribution is 2.16. The molecule has 1 aliphatic rings. The fraction of sp³-hybridized carbons (Fsp3) is 0.778. The van der Waals surface area contributed by atoms with Gasteiger partial charge in [0.1, 0.15) is 12.1 Å². The quantitative estimate of drug-likeness (QED) is 0.791. The van der Waals surface area contributed by atoms with Crippen LogP contribution in [-0.2, 0) is 9.53 Å². The zero-order valence-corrected chi connectivity index (χ0v) is 11.7. The summed E-state index contributed by atoms with van der Waals surface area (Å²) in [5, 5.41) is 7.98. The van der Waals surface area contributed by atoms with Crippen LogP contribution in [0.5, 0.6) is 0 Å². The van der Waals surface area contributed by atoms with Gasteiger partial charge in [-0.2, -0.15) is 0 Å². The molecule has 0 aromatic carbocycles. The van der Waals surface area contributed by atoms with Gasteiger partial charge in [-0.15, -0.1) is 17.0 Å². The Kier molecular flexibility index (Phi) is 5.66. The third-order valence-electron chi connectivity index (χ3n) is 1.63. The molecule has 0 spiro atoms. The summed E-state index contributed by atoms with van der Waals surface area (Å²) in [5.41, 5.74) is -0.438. The Bertz CT molecular complexity index is 253. The summed E-state index contributed by atoms with van der Waals surface area (Å²) < 4.78 is 5.16. The molecule has 0 amide bonds. The maximum absolute atomic E-state index is 11.4. The number of nitrogens with zero attached hydrogens (tertiary/aromatic N) is 1. The van der Waals surface area contributed by atoms with E-state index < -0.39 is 5.60 Å². The Labute approximate surface area is 105 Å². The molecule has 0 atom stereocenters. The number of esters is 1. The molecule has 4 nitrogen and oxygen atoms in total. The van der Waals surface area contributed by atoms with Crippen LogP contribution in [0.15, 0.2) is 0 Å². The van der Waals surface area contributed by atoms with E-state index in [9.17, 15) is 4.79 Å². The summed E-state index contributed by atoms with van der Waals surface area (Å²) in [6, 6.07) is 0. The SMILES string of the molecule is Br.CC(C)(C)OC(=O)CN1CCSC1=N. The summed E-state index contributed by atoms with van der Waals surface area (Å²) >= 11 is 1.47. The van der Waals surface area contributed by atoms with Gasteiger partial charge < -0.3 is 9.64 Å². The lowest BCUT2D eigenvalue weighted by molar-refractivity contribution is -0.155. The molecule has 1 saturated heterocycles. The van der Waals surface area contributed by atoms with Crippen molar-refractivity contribution < 1.29 is 9.53 Å². The highest BCUT2D eigenvalue weighted by molar-refractivity contribution is 8.93. The van der Waals surface area contributed by atoms with E-state index in [1.54, 1.807) is 4.90 Å². The molecule has 88 valence electrons. The maximum Gasteiger partial charge on any atom is 0.326 e. The van der Waals surface area contributed by atoms with E-state index in [0.29, 0.717) is 5.17 Å². The number of hydrogen-bond acceptors (Lipinski definition) is 4. The summed E-state index contributed by atoms with van der Waals surface area (Å²) in [6.07, 6.45) is 0. The minimum absolute atomic E-state index is 0. The molecule has 0 aromatic rings. The number of halogens is 1. The molecule has 1 N–H and O–H groups in total. The molecule has 1 fully saturated rings. The Balaban J connectivity index is 0.00000196. The molecule has 0 aromatic heterocycles. The van der Waals surface area contributed by atoms with E-state index in [-0.39, 0.29) is 29.5 Å². The Morgan fingerprint density at radius 3 is 2.60 bits per heavy atom.